The Morgan fingerprint density at radius 3 is 2.07 bits per heavy atom. The summed E-state index contributed by atoms with van der Waals surface area (Å²) >= 11 is 0. The fourth-order valence-electron chi connectivity index (χ4n) is 1.93. The van der Waals surface area contributed by atoms with Gasteiger partial charge in [-0.1, -0.05) is 42.9 Å². The molecule has 0 amide bonds. The van der Waals surface area contributed by atoms with Gasteiger partial charge in [0.15, 0.2) is 0 Å². The molecule has 0 radical (unpaired) electrons. The van der Waals surface area contributed by atoms with Crippen molar-refractivity contribution >= 4 is 8.07 Å². The molecule has 0 bridgehead atoms. The third kappa shape index (κ3) is 4.43. The van der Waals surface area contributed by atoms with Crippen LogP contribution in [0.5, 0.6) is 0 Å². The zero-order valence-electron chi connectivity index (χ0n) is 9.59. The quantitative estimate of drug-likeness (QED) is 0.604. The van der Waals surface area contributed by atoms with Crippen LogP contribution in [-0.2, 0) is 0 Å². The monoisotopic (exact) mass is 207 g/mol. The molecule has 0 fully saturated rings. The van der Waals surface area contributed by atoms with E-state index in [1.54, 1.807) is 0 Å². The number of hydrogen-bond acceptors (Lipinski definition) is 1. The van der Waals surface area contributed by atoms with Crippen LogP contribution in [0.15, 0.2) is 23.6 Å². The highest BCUT2D eigenvalue weighted by molar-refractivity contribution is 6.89. The van der Waals surface area contributed by atoms with E-state index in [0.717, 1.165) is 6.04 Å². The SMILES string of the molecule is CC=C[Si](C=CC)(CCC)CCC#N. The van der Waals surface area contributed by atoms with Gasteiger partial charge in [0.25, 0.3) is 0 Å². The third-order valence-corrected chi connectivity index (χ3v) is 7.02. The van der Waals surface area contributed by atoms with Gasteiger partial charge in [-0.3, -0.25) is 0 Å². The van der Waals surface area contributed by atoms with Gasteiger partial charge in [0.05, 0.1) is 6.07 Å². The largest absolute Gasteiger partial charge is 0.198 e. The van der Waals surface area contributed by atoms with Crippen LogP contribution in [-0.4, -0.2) is 8.07 Å². The van der Waals surface area contributed by atoms with Crippen molar-refractivity contribution < 1.29 is 0 Å². The Labute approximate surface area is 89.1 Å². The van der Waals surface area contributed by atoms with Crippen LogP contribution in [0.2, 0.25) is 12.1 Å². The molecule has 0 aromatic heterocycles. The highest BCUT2D eigenvalue weighted by Crippen LogP contribution is 2.22. The molecule has 0 unspecified atom stereocenters. The summed E-state index contributed by atoms with van der Waals surface area (Å²) < 4.78 is 0. The Bertz CT molecular complexity index is 223. The van der Waals surface area contributed by atoms with Crippen molar-refractivity contribution in [3.8, 4) is 6.07 Å². The maximum absolute atomic E-state index is 8.66. The molecule has 78 valence electrons. The molecular weight excluding hydrogens is 186 g/mol. The molecule has 1 nitrogen and oxygen atoms in total. The lowest BCUT2D eigenvalue weighted by molar-refractivity contribution is 1.03. The van der Waals surface area contributed by atoms with Gasteiger partial charge >= 0.3 is 0 Å². The van der Waals surface area contributed by atoms with E-state index >= 15 is 0 Å². The predicted molar refractivity (Wildman–Crippen MR) is 65.5 cm³/mol. The Balaban J connectivity index is 4.65. The van der Waals surface area contributed by atoms with Gasteiger partial charge < -0.3 is 0 Å². The van der Waals surface area contributed by atoms with Crippen LogP contribution >= 0.6 is 0 Å². The van der Waals surface area contributed by atoms with Crippen LogP contribution < -0.4 is 0 Å². The fourth-order valence-corrected chi connectivity index (χ4v) is 5.80. The number of nitrogens with zero attached hydrogens (tertiary/aromatic N) is 1. The molecule has 2 heteroatoms. The summed E-state index contributed by atoms with van der Waals surface area (Å²) in [6.45, 7) is 6.38. The van der Waals surface area contributed by atoms with Crippen molar-refractivity contribution in [2.24, 2.45) is 0 Å². The van der Waals surface area contributed by atoms with Crippen LogP contribution in [0.3, 0.4) is 0 Å². The van der Waals surface area contributed by atoms with Crippen molar-refractivity contribution in [3.63, 3.8) is 0 Å². The van der Waals surface area contributed by atoms with Crippen molar-refractivity contribution in [1.29, 1.82) is 5.26 Å². The summed E-state index contributed by atoms with van der Waals surface area (Å²) in [5, 5.41) is 8.66. The summed E-state index contributed by atoms with van der Waals surface area (Å²) in [6.07, 6.45) is 6.21. The first-order chi connectivity index (χ1) is 6.74. The highest BCUT2D eigenvalue weighted by atomic mass is 28.3. The van der Waals surface area contributed by atoms with Gasteiger partial charge in [0.1, 0.15) is 8.07 Å². The number of hydrogen-bond donors (Lipinski definition) is 0. The van der Waals surface area contributed by atoms with Crippen LogP contribution in [0, 0.1) is 11.3 Å². The first kappa shape index (κ1) is 13.2. The second-order valence-electron chi connectivity index (χ2n) is 3.64. The summed E-state index contributed by atoms with van der Waals surface area (Å²) in [4.78, 5) is 0. The van der Waals surface area contributed by atoms with Gasteiger partial charge in [-0.2, -0.15) is 5.26 Å². The lowest BCUT2D eigenvalue weighted by Gasteiger charge is -2.23. The van der Waals surface area contributed by atoms with Crippen molar-refractivity contribution in [1.82, 2.24) is 0 Å². The molecule has 0 N–H and O–H groups in total. The van der Waals surface area contributed by atoms with Gasteiger partial charge in [0, 0.05) is 6.42 Å². The standard InChI is InChI=1S/C12H21NSi/c1-4-9-14(10-5-2,11-6-3)12-7-8-13/h4-5,9-10H,6-7,11-12H2,1-3H3. The number of allylic oxidation sites excluding steroid dienone is 2. The normalized spacial score (nSPS) is 15.9. The van der Waals surface area contributed by atoms with Crippen LogP contribution in [0.4, 0.5) is 0 Å². The lowest BCUT2D eigenvalue weighted by atomic mass is 10.5. The van der Waals surface area contributed by atoms with E-state index in [2.05, 4.69) is 50.4 Å². The Hall–Kier alpha value is -0.813. The Morgan fingerprint density at radius 2 is 1.71 bits per heavy atom. The minimum atomic E-state index is -1.40. The topological polar surface area (TPSA) is 23.8 Å². The smallest absolute Gasteiger partial charge is 0.102 e. The molecule has 0 saturated carbocycles. The van der Waals surface area contributed by atoms with Gasteiger partial charge in [-0.05, 0) is 19.9 Å². The molecule has 0 aliphatic heterocycles. The van der Waals surface area contributed by atoms with E-state index in [-0.39, 0.29) is 0 Å². The minimum absolute atomic E-state index is 0.695. The van der Waals surface area contributed by atoms with E-state index in [4.69, 9.17) is 5.26 Å². The molecular formula is C12H21NSi. The molecule has 0 aliphatic rings. The molecule has 0 atom stereocenters. The second kappa shape index (κ2) is 7.58. The van der Waals surface area contributed by atoms with Gasteiger partial charge in [0.2, 0.25) is 0 Å². The molecule has 0 rings (SSSR count). The average molecular weight is 207 g/mol. The zero-order valence-corrected chi connectivity index (χ0v) is 10.6. The molecule has 0 aromatic rings. The van der Waals surface area contributed by atoms with Crippen molar-refractivity contribution in [2.45, 2.75) is 45.7 Å². The van der Waals surface area contributed by atoms with E-state index in [0.29, 0.717) is 6.42 Å². The van der Waals surface area contributed by atoms with Crippen molar-refractivity contribution in [2.75, 3.05) is 0 Å². The van der Waals surface area contributed by atoms with E-state index in [9.17, 15) is 0 Å². The highest BCUT2D eigenvalue weighted by Gasteiger charge is 2.24. The third-order valence-electron chi connectivity index (χ3n) is 2.41. The minimum Gasteiger partial charge on any atom is -0.198 e. The van der Waals surface area contributed by atoms with Crippen LogP contribution in [0.25, 0.3) is 0 Å². The second-order valence-corrected chi connectivity index (χ2v) is 7.77. The maximum Gasteiger partial charge on any atom is 0.102 e. The summed E-state index contributed by atoms with van der Waals surface area (Å²) in [6, 6.07) is 4.61. The molecule has 0 saturated heterocycles. The van der Waals surface area contributed by atoms with Gasteiger partial charge in [-0.15, -0.1) is 0 Å². The van der Waals surface area contributed by atoms with E-state index in [1.165, 1.54) is 12.5 Å². The lowest BCUT2D eigenvalue weighted by Crippen LogP contribution is -2.29. The van der Waals surface area contributed by atoms with Crippen molar-refractivity contribution in [3.05, 3.63) is 23.6 Å². The number of rotatable bonds is 6. The predicted octanol–water partition coefficient (Wildman–Crippen LogP) is 3.99. The molecule has 0 heterocycles. The molecule has 0 aromatic carbocycles. The summed E-state index contributed by atoms with van der Waals surface area (Å²) in [5.41, 5.74) is 4.74. The molecule has 0 aliphatic carbocycles. The van der Waals surface area contributed by atoms with E-state index in [1.807, 2.05) is 0 Å². The maximum atomic E-state index is 8.66. The van der Waals surface area contributed by atoms with E-state index < -0.39 is 8.07 Å². The first-order valence-electron chi connectivity index (χ1n) is 5.39. The van der Waals surface area contributed by atoms with Gasteiger partial charge in [-0.25, -0.2) is 0 Å². The zero-order chi connectivity index (χ0) is 10.9. The summed E-state index contributed by atoms with van der Waals surface area (Å²) in [7, 11) is -1.40. The Kier molecular flexibility index (Phi) is 7.14. The summed E-state index contributed by atoms with van der Waals surface area (Å²) in [5.74, 6) is 0. The number of nitriles is 1. The van der Waals surface area contributed by atoms with Crippen LogP contribution in [0.1, 0.15) is 33.6 Å². The molecule has 0 spiro atoms. The first-order valence-corrected chi connectivity index (χ1v) is 7.96. The fraction of sp³-hybridized carbons (Fsp3) is 0.583. The Morgan fingerprint density at radius 1 is 1.14 bits per heavy atom. The average Bonchev–Trinajstić information content (AvgIpc) is 2.16. The molecule has 14 heavy (non-hydrogen) atoms.